The number of benzene rings is 2. The van der Waals surface area contributed by atoms with Crippen LogP contribution in [0.5, 0.6) is 11.5 Å². The van der Waals surface area contributed by atoms with Crippen molar-refractivity contribution in [2.75, 3.05) is 25.8 Å². The number of alkyl halides is 2. The molecule has 2 unspecified atom stereocenters. The van der Waals surface area contributed by atoms with E-state index < -0.39 is 18.9 Å². The predicted molar refractivity (Wildman–Crippen MR) is 114 cm³/mol. The van der Waals surface area contributed by atoms with Gasteiger partial charge in [-0.3, -0.25) is 0 Å². The van der Waals surface area contributed by atoms with Crippen LogP contribution in [-0.2, 0) is 5.41 Å². The summed E-state index contributed by atoms with van der Waals surface area (Å²) in [5.74, 6) is 1.19. The third kappa shape index (κ3) is 6.22. The Morgan fingerprint density at radius 1 is 1.00 bits per heavy atom. The average molecular weight is 445 g/mol. The van der Waals surface area contributed by atoms with Crippen LogP contribution in [0.2, 0.25) is 5.02 Å². The maximum Gasteiger partial charge on any atom is 0.140 e. The van der Waals surface area contributed by atoms with Crippen LogP contribution in [0.25, 0.3) is 0 Å². The monoisotopic (exact) mass is 444 g/mol. The lowest BCUT2D eigenvalue weighted by molar-refractivity contribution is 0.0842. The minimum absolute atomic E-state index is 0.0748. The Morgan fingerprint density at radius 2 is 1.62 bits per heavy atom. The Morgan fingerprint density at radius 3 is 2.17 bits per heavy atom. The van der Waals surface area contributed by atoms with Crippen molar-refractivity contribution in [1.82, 2.24) is 0 Å². The van der Waals surface area contributed by atoms with Crippen molar-refractivity contribution in [3.63, 3.8) is 0 Å². The van der Waals surface area contributed by atoms with Crippen molar-refractivity contribution in [1.29, 1.82) is 0 Å². The SMILES string of the molecule is Cc1cc(C(C)(C)c2ccc(OCC(O)CF)cc2)cc(Cl)c1OCC(O)CCl. The summed E-state index contributed by atoms with van der Waals surface area (Å²) in [7, 11) is 0. The van der Waals surface area contributed by atoms with Gasteiger partial charge in [0.15, 0.2) is 0 Å². The third-order valence-electron chi connectivity index (χ3n) is 4.75. The Balaban J connectivity index is 2.19. The van der Waals surface area contributed by atoms with Gasteiger partial charge in [0.25, 0.3) is 0 Å². The number of hydrogen-bond donors (Lipinski definition) is 2. The van der Waals surface area contributed by atoms with Crippen LogP contribution in [0.1, 0.15) is 30.5 Å². The zero-order valence-electron chi connectivity index (χ0n) is 16.8. The number of aliphatic hydroxyl groups excluding tert-OH is 2. The van der Waals surface area contributed by atoms with Gasteiger partial charge in [-0.25, -0.2) is 4.39 Å². The van der Waals surface area contributed by atoms with Crippen LogP contribution in [0.4, 0.5) is 4.39 Å². The van der Waals surface area contributed by atoms with Crippen molar-refractivity contribution >= 4 is 23.2 Å². The first-order chi connectivity index (χ1) is 13.7. The molecule has 0 aromatic heterocycles. The highest BCUT2D eigenvalue weighted by Crippen LogP contribution is 2.38. The summed E-state index contributed by atoms with van der Waals surface area (Å²) in [6, 6.07) is 11.3. The first-order valence-corrected chi connectivity index (χ1v) is 10.2. The Kier molecular flexibility index (Phi) is 8.58. The number of hydrogen-bond acceptors (Lipinski definition) is 4. The first kappa shape index (κ1) is 23.7. The summed E-state index contributed by atoms with van der Waals surface area (Å²) in [5, 5.41) is 19.3. The fraction of sp³-hybridized carbons (Fsp3) is 0.455. The topological polar surface area (TPSA) is 58.9 Å². The molecule has 2 aromatic rings. The molecular formula is C22H27Cl2FO4. The molecule has 2 N–H and O–H groups in total. The van der Waals surface area contributed by atoms with Gasteiger partial charge in [0.1, 0.15) is 43.6 Å². The van der Waals surface area contributed by atoms with Crippen molar-refractivity contribution in [2.45, 2.75) is 38.4 Å². The largest absolute Gasteiger partial charge is 0.491 e. The summed E-state index contributed by atoms with van der Waals surface area (Å²) in [6.07, 6.45) is -1.88. The van der Waals surface area contributed by atoms with Crippen LogP contribution in [0.3, 0.4) is 0 Å². The number of ether oxygens (including phenoxy) is 2. The third-order valence-corrected chi connectivity index (χ3v) is 5.38. The molecular weight excluding hydrogens is 418 g/mol. The molecule has 0 saturated carbocycles. The fourth-order valence-electron chi connectivity index (χ4n) is 2.87. The van der Waals surface area contributed by atoms with E-state index in [1.807, 2.05) is 31.2 Å². The molecule has 0 spiro atoms. The molecule has 2 rings (SSSR count). The number of aryl methyl sites for hydroxylation is 1. The highest BCUT2D eigenvalue weighted by Gasteiger charge is 2.25. The summed E-state index contributed by atoms with van der Waals surface area (Å²) < 4.78 is 23.3. The van der Waals surface area contributed by atoms with Gasteiger partial charge in [-0.1, -0.05) is 43.6 Å². The van der Waals surface area contributed by atoms with Crippen LogP contribution in [0, 0.1) is 6.92 Å². The van der Waals surface area contributed by atoms with E-state index in [1.165, 1.54) is 0 Å². The summed E-state index contributed by atoms with van der Waals surface area (Å²) in [4.78, 5) is 0. The zero-order valence-corrected chi connectivity index (χ0v) is 18.3. The Labute approximate surface area is 181 Å². The molecule has 0 aliphatic rings. The number of aliphatic hydroxyl groups is 2. The lowest BCUT2D eigenvalue weighted by Crippen LogP contribution is -2.21. The molecule has 29 heavy (non-hydrogen) atoms. The predicted octanol–water partition coefficient (Wildman–Crippen LogP) is 4.66. The van der Waals surface area contributed by atoms with Crippen molar-refractivity contribution in [3.05, 3.63) is 58.1 Å². The van der Waals surface area contributed by atoms with Gasteiger partial charge in [-0.2, -0.15) is 0 Å². The minimum Gasteiger partial charge on any atom is -0.491 e. The molecule has 4 nitrogen and oxygen atoms in total. The van der Waals surface area contributed by atoms with Gasteiger partial charge in [0.05, 0.1) is 10.9 Å². The normalized spacial score (nSPS) is 13.8. The molecule has 160 valence electrons. The highest BCUT2D eigenvalue weighted by molar-refractivity contribution is 6.32. The quantitative estimate of drug-likeness (QED) is 0.523. The van der Waals surface area contributed by atoms with E-state index >= 15 is 0 Å². The Hall–Kier alpha value is -1.53. The summed E-state index contributed by atoms with van der Waals surface area (Å²) in [5.41, 5.74) is 2.56. The molecule has 0 aliphatic carbocycles. The number of halogens is 3. The molecule has 0 bridgehead atoms. The lowest BCUT2D eigenvalue weighted by Gasteiger charge is -2.28. The van der Waals surface area contributed by atoms with E-state index in [1.54, 1.807) is 12.1 Å². The standard InChI is InChI=1S/C22H27Cl2FO4/c1-14-8-16(9-20(24)21(14)29-12-17(26)10-23)22(2,3)15-4-6-19(7-5-15)28-13-18(27)11-25/h4-9,17-18,26-27H,10-13H2,1-3H3. The smallest absolute Gasteiger partial charge is 0.140 e. The highest BCUT2D eigenvalue weighted by atomic mass is 35.5. The van der Waals surface area contributed by atoms with E-state index in [4.69, 9.17) is 32.7 Å². The minimum atomic E-state index is -1.12. The van der Waals surface area contributed by atoms with E-state index in [9.17, 15) is 14.6 Å². The van der Waals surface area contributed by atoms with Gasteiger partial charge in [0, 0.05) is 5.41 Å². The summed E-state index contributed by atoms with van der Waals surface area (Å²) in [6.45, 7) is 5.22. The maximum absolute atomic E-state index is 12.3. The van der Waals surface area contributed by atoms with Gasteiger partial charge in [0.2, 0.25) is 0 Å². The molecule has 7 heteroatoms. The molecule has 0 heterocycles. The molecule has 2 aromatic carbocycles. The van der Waals surface area contributed by atoms with E-state index in [0.29, 0.717) is 16.5 Å². The van der Waals surface area contributed by atoms with Crippen molar-refractivity contribution in [3.8, 4) is 11.5 Å². The van der Waals surface area contributed by atoms with Crippen LogP contribution in [-0.4, -0.2) is 48.2 Å². The summed E-state index contributed by atoms with van der Waals surface area (Å²) >= 11 is 12.1. The number of rotatable bonds is 10. The lowest BCUT2D eigenvalue weighted by atomic mass is 9.77. The van der Waals surface area contributed by atoms with E-state index in [-0.39, 0.29) is 24.5 Å². The maximum atomic E-state index is 12.3. The second-order valence-electron chi connectivity index (χ2n) is 7.49. The fourth-order valence-corrected chi connectivity index (χ4v) is 3.28. The Bertz CT molecular complexity index is 773. The van der Waals surface area contributed by atoms with Crippen molar-refractivity contribution in [2.24, 2.45) is 0 Å². The van der Waals surface area contributed by atoms with Gasteiger partial charge in [-0.05, 0) is 41.8 Å². The molecule has 2 atom stereocenters. The van der Waals surface area contributed by atoms with Gasteiger partial charge in [-0.15, -0.1) is 11.6 Å². The van der Waals surface area contributed by atoms with Crippen LogP contribution in [0.15, 0.2) is 36.4 Å². The molecule has 0 amide bonds. The van der Waals surface area contributed by atoms with E-state index in [0.717, 1.165) is 16.7 Å². The van der Waals surface area contributed by atoms with Crippen LogP contribution >= 0.6 is 23.2 Å². The molecule has 0 aliphatic heterocycles. The van der Waals surface area contributed by atoms with Crippen molar-refractivity contribution < 1.29 is 24.1 Å². The average Bonchev–Trinajstić information content (AvgIpc) is 2.71. The van der Waals surface area contributed by atoms with Gasteiger partial charge >= 0.3 is 0 Å². The second-order valence-corrected chi connectivity index (χ2v) is 8.21. The molecule has 0 fully saturated rings. The molecule has 0 radical (unpaired) electrons. The first-order valence-electron chi connectivity index (χ1n) is 9.33. The van der Waals surface area contributed by atoms with Gasteiger partial charge < -0.3 is 19.7 Å². The second kappa shape index (κ2) is 10.5. The zero-order chi connectivity index (χ0) is 21.6. The van der Waals surface area contributed by atoms with Crippen LogP contribution < -0.4 is 9.47 Å². The molecule has 0 saturated heterocycles. The van der Waals surface area contributed by atoms with E-state index in [2.05, 4.69) is 13.8 Å².